The van der Waals surface area contributed by atoms with Crippen molar-refractivity contribution < 1.29 is 55.6 Å². The van der Waals surface area contributed by atoms with Crippen molar-refractivity contribution >= 4 is 11.9 Å². The van der Waals surface area contributed by atoms with Crippen LogP contribution in [0.2, 0.25) is 0 Å². The second kappa shape index (κ2) is 15.2. The molecule has 0 heterocycles. The largest absolute Gasteiger partial charge is 0.490 e. The van der Waals surface area contributed by atoms with E-state index >= 15 is 0 Å². The van der Waals surface area contributed by atoms with E-state index in [1.807, 2.05) is 0 Å². The van der Waals surface area contributed by atoms with Crippen molar-refractivity contribution in [1.29, 1.82) is 0 Å². The lowest BCUT2D eigenvalue weighted by Crippen LogP contribution is -2.38. The fraction of sp³-hybridized carbons (Fsp3) is 0.867. The molecule has 0 radical (unpaired) electrons. The Labute approximate surface area is 163 Å². The molecule has 0 aromatic rings. The first kappa shape index (κ1) is 29.6. The van der Waals surface area contributed by atoms with Crippen LogP contribution in [-0.2, 0) is 19.1 Å². The van der Waals surface area contributed by atoms with Crippen molar-refractivity contribution in [2.75, 3.05) is 33.5 Å². The summed E-state index contributed by atoms with van der Waals surface area (Å²) in [5, 5.41) is 17.7. The number of rotatable bonds is 7. The summed E-state index contributed by atoms with van der Waals surface area (Å²) < 4.78 is 73.7. The highest BCUT2D eigenvalue weighted by molar-refractivity contribution is 5.73. The van der Waals surface area contributed by atoms with Crippen LogP contribution in [0.15, 0.2) is 0 Å². The Bertz CT molecular complexity index is 430. The number of nitrogens with one attached hydrogen (secondary N) is 1. The van der Waals surface area contributed by atoms with Gasteiger partial charge in [0.25, 0.3) is 0 Å². The highest BCUT2D eigenvalue weighted by atomic mass is 19.4. The van der Waals surface area contributed by atoms with E-state index in [0.717, 1.165) is 26.0 Å². The topological polar surface area (TPSA) is 131 Å². The lowest BCUT2D eigenvalue weighted by atomic mass is 9.92. The van der Waals surface area contributed by atoms with Crippen molar-refractivity contribution in [2.45, 2.75) is 50.1 Å². The van der Waals surface area contributed by atoms with Gasteiger partial charge in [0, 0.05) is 25.7 Å². The minimum absolute atomic E-state index is 0.431. The molecule has 0 amide bonds. The molecule has 1 aliphatic rings. The Kier molecular flexibility index (Phi) is 15.5. The van der Waals surface area contributed by atoms with Crippen LogP contribution in [0.4, 0.5) is 26.3 Å². The Morgan fingerprint density at radius 1 is 0.931 bits per heavy atom. The number of hydrogen-bond donors (Lipinski definition) is 4. The van der Waals surface area contributed by atoms with Gasteiger partial charge in [0.2, 0.25) is 0 Å². The van der Waals surface area contributed by atoms with Crippen molar-refractivity contribution in [3.8, 4) is 0 Å². The highest BCUT2D eigenvalue weighted by Gasteiger charge is 2.38. The lowest BCUT2D eigenvalue weighted by molar-refractivity contribution is -0.193. The van der Waals surface area contributed by atoms with Crippen LogP contribution < -0.4 is 11.1 Å². The molecule has 0 bridgehead atoms. The Hall–Kier alpha value is -1.64. The smallest absolute Gasteiger partial charge is 0.475 e. The number of carboxylic acid groups (broad SMARTS) is 2. The lowest BCUT2D eigenvalue weighted by Gasteiger charge is -2.26. The van der Waals surface area contributed by atoms with Gasteiger partial charge in [-0.05, 0) is 25.7 Å². The zero-order valence-corrected chi connectivity index (χ0v) is 15.7. The molecule has 0 aromatic heterocycles. The number of halogens is 6. The van der Waals surface area contributed by atoms with E-state index in [-0.39, 0.29) is 0 Å². The van der Waals surface area contributed by atoms with E-state index in [4.69, 9.17) is 35.0 Å². The van der Waals surface area contributed by atoms with Gasteiger partial charge >= 0.3 is 24.3 Å². The molecule has 8 nitrogen and oxygen atoms in total. The number of aliphatic carboxylic acids is 2. The number of methoxy groups -OCH3 is 1. The first-order valence-electron chi connectivity index (χ1n) is 8.37. The fourth-order valence-electron chi connectivity index (χ4n) is 1.90. The third kappa shape index (κ3) is 19.4. The molecule has 0 aromatic carbocycles. The molecule has 0 aliphatic heterocycles. The predicted molar refractivity (Wildman–Crippen MR) is 88.3 cm³/mol. The third-order valence-corrected chi connectivity index (χ3v) is 3.37. The van der Waals surface area contributed by atoms with Crippen molar-refractivity contribution in [3.05, 3.63) is 0 Å². The molecule has 1 rings (SSSR count). The summed E-state index contributed by atoms with van der Waals surface area (Å²) in [6.07, 6.45) is -5.44. The molecular weight excluding hydrogens is 418 g/mol. The van der Waals surface area contributed by atoms with Crippen LogP contribution in [0.3, 0.4) is 0 Å². The summed E-state index contributed by atoms with van der Waals surface area (Å²) in [5.74, 6) is -5.51. The maximum Gasteiger partial charge on any atom is 0.490 e. The van der Waals surface area contributed by atoms with Gasteiger partial charge in [-0.25, -0.2) is 9.59 Å². The summed E-state index contributed by atoms with van der Waals surface area (Å²) in [6.45, 7) is 3.07. The maximum atomic E-state index is 10.6. The zero-order chi connectivity index (χ0) is 23.1. The third-order valence-electron chi connectivity index (χ3n) is 3.37. The minimum atomic E-state index is -5.08. The number of nitrogens with two attached hydrogens (primary N) is 1. The van der Waals surface area contributed by atoms with Gasteiger partial charge in [-0.2, -0.15) is 26.3 Å². The van der Waals surface area contributed by atoms with Gasteiger partial charge in [-0.1, -0.05) is 0 Å². The van der Waals surface area contributed by atoms with Gasteiger partial charge in [0.15, 0.2) is 0 Å². The number of hydrogen-bond acceptors (Lipinski definition) is 6. The molecule has 0 atom stereocenters. The molecule has 0 saturated heterocycles. The van der Waals surface area contributed by atoms with E-state index in [9.17, 15) is 26.3 Å². The van der Waals surface area contributed by atoms with Gasteiger partial charge in [-0.3, -0.25) is 0 Å². The summed E-state index contributed by atoms with van der Waals surface area (Å²) in [7, 11) is 1.69. The van der Waals surface area contributed by atoms with Crippen LogP contribution >= 0.6 is 0 Å². The van der Waals surface area contributed by atoms with Crippen LogP contribution in [0.1, 0.15) is 25.7 Å². The Morgan fingerprint density at radius 3 is 1.69 bits per heavy atom. The van der Waals surface area contributed by atoms with Crippen LogP contribution in [0, 0.1) is 0 Å². The van der Waals surface area contributed by atoms with Crippen molar-refractivity contribution in [2.24, 2.45) is 5.73 Å². The first-order valence-corrected chi connectivity index (χ1v) is 8.37. The molecule has 1 fully saturated rings. The van der Waals surface area contributed by atoms with Gasteiger partial charge < -0.3 is 30.7 Å². The van der Waals surface area contributed by atoms with E-state index in [1.54, 1.807) is 7.11 Å². The molecule has 1 aliphatic carbocycles. The summed E-state index contributed by atoms with van der Waals surface area (Å²) in [5.41, 5.74) is 5.84. The number of alkyl halides is 6. The van der Waals surface area contributed by atoms with Gasteiger partial charge in [-0.15, -0.1) is 0 Å². The molecule has 174 valence electrons. The second-order valence-electron chi connectivity index (χ2n) is 5.78. The monoisotopic (exact) mass is 444 g/mol. The van der Waals surface area contributed by atoms with E-state index in [0.29, 0.717) is 25.3 Å². The van der Waals surface area contributed by atoms with E-state index < -0.39 is 24.3 Å². The summed E-state index contributed by atoms with van der Waals surface area (Å²) in [6, 6.07) is 1.08. The van der Waals surface area contributed by atoms with Gasteiger partial charge in [0.05, 0.1) is 19.8 Å². The first-order chi connectivity index (χ1) is 13.2. The molecule has 0 spiro atoms. The average Bonchev–Trinajstić information content (AvgIpc) is 2.59. The normalized spacial score (nSPS) is 19.3. The summed E-state index contributed by atoms with van der Waals surface area (Å²) >= 11 is 0. The average molecular weight is 444 g/mol. The predicted octanol–water partition coefficient (Wildman–Crippen LogP) is 1.78. The SMILES string of the molecule is COCCOCCNC1CCC(N)CC1.O=C(O)C(F)(F)F.O=C(O)C(F)(F)F. The standard InChI is InChI=1S/C11H24N2O2.2C2HF3O2/c1-14-8-9-15-7-6-13-11-4-2-10(12)3-5-11;2*3-2(4,5)1(6)7/h10-11,13H,2-9,12H2,1H3;2*(H,6,7). The van der Waals surface area contributed by atoms with Crippen molar-refractivity contribution in [1.82, 2.24) is 5.32 Å². The number of ether oxygens (including phenoxy) is 2. The van der Waals surface area contributed by atoms with Crippen molar-refractivity contribution in [3.63, 3.8) is 0 Å². The number of carbonyl (C=O) groups is 2. The molecule has 29 heavy (non-hydrogen) atoms. The van der Waals surface area contributed by atoms with Crippen LogP contribution in [0.25, 0.3) is 0 Å². The fourth-order valence-corrected chi connectivity index (χ4v) is 1.90. The molecular formula is C15H26F6N2O6. The zero-order valence-electron chi connectivity index (χ0n) is 15.7. The maximum absolute atomic E-state index is 10.6. The molecule has 14 heteroatoms. The Morgan fingerprint density at radius 2 is 1.34 bits per heavy atom. The van der Waals surface area contributed by atoms with Crippen LogP contribution in [0.5, 0.6) is 0 Å². The molecule has 1 saturated carbocycles. The number of carboxylic acids is 2. The minimum Gasteiger partial charge on any atom is -0.475 e. The highest BCUT2D eigenvalue weighted by Crippen LogP contribution is 2.16. The Balaban J connectivity index is 0. The second-order valence-corrected chi connectivity index (χ2v) is 5.78. The van der Waals surface area contributed by atoms with Crippen LogP contribution in [-0.4, -0.2) is 80.1 Å². The van der Waals surface area contributed by atoms with Gasteiger partial charge in [0.1, 0.15) is 0 Å². The van der Waals surface area contributed by atoms with E-state index in [1.165, 1.54) is 12.8 Å². The molecule has 5 N–H and O–H groups in total. The quantitative estimate of drug-likeness (QED) is 0.345. The van der Waals surface area contributed by atoms with E-state index in [2.05, 4.69) is 5.32 Å². The summed E-state index contributed by atoms with van der Waals surface area (Å²) in [4.78, 5) is 17.8. The molecule has 0 unspecified atom stereocenters.